The van der Waals surface area contributed by atoms with Crippen LogP contribution in [-0.4, -0.2) is 17.6 Å². The lowest BCUT2D eigenvalue weighted by atomic mass is 10.0. The molecule has 1 aromatic rings. The zero-order chi connectivity index (χ0) is 14.5. The molecule has 2 rings (SSSR count). The molecule has 20 heavy (non-hydrogen) atoms. The van der Waals surface area contributed by atoms with E-state index in [0.29, 0.717) is 6.61 Å². The smallest absolute Gasteiger partial charge is 0.414 e. The van der Waals surface area contributed by atoms with E-state index < -0.39 is 6.09 Å². The summed E-state index contributed by atoms with van der Waals surface area (Å²) in [5.74, 6) is -0.00875. The summed E-state index contributed by atoms with van der Waals surface area (Å²) in [4.78, 5) is 13.6. The summed E-state index contributed by atoms with van der Waals surface area (Å²) in [6.07, 6.45) is 6.80. The molecule has 0 aromatic heterocycles. The van der Waals surface area contributed by atoms with Gasteiger partial charge in [-0.15, -0.1) is 0 Å². The number of halogens is 1. The molecule has 0 saturated carbocycles. The van der Waals surface area contributed by atoms with Gasteiger partial charge >= 0.3 is 6.09 Å². The molecule has 4 heteroatoms. The minimum Gasteiger partial charge on any atom is -0.449 e. The Bertz CT molecular complexity index is 520. The van der Waals surface area contributed by atoms with Crippen molar-refractivity contribution >= 4 is 6.09 Å². The summed E-state index contributed by atoms with van der Waals surface area (Å²) in [7, 11) is 0. The van der Waals surface area contributed by atoms with Gasteiger partial charge in [-0.2, -0.15) is 0 Å². The zero-order valence-electron chi connectivity index (χ0n) is 11.6. The predicted octanol–water partition coefficient (Wildman–Crippen LogP) is 4.04. The molecule has 1 aliphatic rings. The Kier molecular flexibility index (Phi) is 4.56. The van der Waals surface area contributed by atoms with E-state index in [1.165, 1.54) is 17.0 Å². The summed E-state index contributed by atoms with van der Waals surface area (Å²) in [5, 5.41) is 0. The van der Waals surface area contributed by atoms with Gasteiger partial charge in [0.1, 0.15) is 5.82 Å². The average Bonchev–Trinajstić information content (AvgIpc) is 2.45. The quantitative estimate of drug-likeness (QED) is 0.833. The molecular weight excluding hydrogens is 257 g/mol. The Labute approximate surface area is 118 Å². The molecule has 0 unspecified atom stereocenters. The molecule has 0 N–H and O–H groups in total. The van der Waals surface area contributed by atoms with Gasteiger partial charge in [-0.25, -0.2) is 9.18 Å². The minimum atomic E-state index is -0.395. The van der Waals surface area contributed by atoms with Crippen molar-refractivity contribution in [3.63, 3.8) is 0 Å². The van der Waals surface area contributed by atoms with Gasteiger partial charge in [0.15, 0.2) is 0 Å². The summed E-state index contributed by atoms with van der Waals surface area (Å²) in [5.41, 5.74) is 0.841. The molecule has 1 atom stereocenters. The topological polar surface area (TPSA) is 29.5 Å². The van der Waals surface area contributed by atoms with Crippen molar-refractivity contribution in [3.8, 4) is 0 Å². The van der Waals surface area contributed by atoms with Crippen LogP contribution in [0, 0.1) is 11.7 Å². The number of hydrogen-bond donors (Lipinski definition) is 0. The molecular formula is C16H18FNO2. The fourth-order valence-corrected chi connectivity index (χ4v) is 1.92. The number of nitrogens with zero attached hydrogens (tertiary/aromatic N) is 1. The Balaban J connectivity index is 2.14. The lowest BCUT2D eigenvalue weighted by Crippen LogP contribution is -2.31. The molecule has 1 amide bonds. The SMILES string of the molecule is CC(C)COC(=O)N1C=CC=C[C@@H]1c1ccc(F)cc1. The van der Waals surface area contributed by atoms with Crippen LogP contribution in [0.15, 0.2) is 48.7 Å². The first-order valence-electron chi connectivity index (χ1n) is 6.63. The molecule has 0 radical (unpaired) electrons. The summed E-state index contributed by atoms with van der Waals surface area (Å²) < 4.78 is 18.2. The lowest BCUT2D eigenvalue weighted by Gasteiger charge is -2.28. The Morgan fingerprint density at radius 3 is 2.65 bits per heavy atom. The van der Waals surface area contributed by atoms with E-state index in [1.807, 2.05) is 26.0 Å². The van der Waals surface area contributed by atoms with Crippen molar-refractivity contribution in [1.29, 1.82) is 0 Å². The van der Waals surface area contributed by atoms with Gasteiger partial charge in [-0.05, 0) is 29.7 Å². The number of amides is 1. The second kappa shape index (κ2) is 6.37. The van der Waals surface area contributed by atoms with Gasteiger partial charge in [0.2, 0.25) is 0 Å². The standard InChI is InChI=1S/C16H18FNO2/c1-12(2)11-20-16(19)18-10-4-3-5-15(18)13-6-8-14(17)9-7-13/h3-10,12,15H,11H2,1-2H3/t15-/m1/s1. The molecule has 0 saturated heterocycles. The first-order valence-corrected chi connectivity index (χ1v) is 6.63. The van der Waals surface area contributed by atoms with Crippen molar-refractivity contribution in [3.05, 3.63) is 60.1 Å². The van der Waals surface area contributed by atoms with Crippen molar-refractivity contribution < 1.29 is 13.9 Å². The highest BCUT2D eigenvalue weighted by Gasteiger charge is 2.24. The zero-order valence-corrected chi connectivity index (χ0v) is 11.6. The van der Waals surface area contributed by atoms with E-state index in [0.717, 1.165) is 5.56 Å². The van der Waals surface area contributed by atoms with E-state index >= 15 is 0 Å². The fourth-order valence-electron chi connectivity index (χ4n) is 1.92. The van der Waals surface area contributed by atoms with Crippen LogP contribution >= 0.6 is 0 Å². The van der Waals surface area contributed by atoms with E-state index in [1.54, 1.807) is 24.4 Å². The highest BCUT2D eigenvalue weighted by molar-refractivity contribution is 5.70. The van der Waals surface area contributed by atoms with Crippen LogP contribution in [0.5, 0.6) is 0 Å². The van der Waals surface area contributed by atoms with Gasteiger partial charge in [0, 0.05) is 6.20 Å². The average molecular weight is 275 g/mol. The molecule has 0 aliphatic carbocycles. The first kappa shape index (κ1) is 14.3. The molecule has 106 valence electrons. The maximum atomic E-state index is 13.0. The highest BCUT2D eigenvalue weighted by atomic mass is 19.1. The van der Waals surface area contributed by atoms with Crippen LogP contribution in [0.4, 0.5) is 9.18 Å². The van der Waals surface area contributed by atoms with Crippen molar-refractivity contribution in [2.24, 2.45) is 5.92 Å². The van der Waals surface area contributed by atoms with Gasteiger partial charge in [-0.1, -0.05) is 38.1 Å². The first-order chi connectivity index (χ1) is 9.58. The van der Waals surface area contributed by atoms with E-state index in [-0.39, 0.29) is 17.8 Å². The van der Waals surface area contributed by atoms with Crippen LogP contribution in [-0.2, 0) is 4.74 Å². The van der Waals surface area contributed by atoms with Gasteiger partial charge in [0.25, 0.3) is 0 Å². The third kappa shape index (κ3) is 3.47. The highest BCUT2D eigenvalue weighted by Crippen LogP contribution is 2.26. The fraction of sp³-hybridized carbons (Fsp3) is 0.312. The van der Waals surface area contributed by atoms with Crippen LogP contribution in [0.2, 0.25) is 0 Å². The number of ether oxygens (including phenoxy) is 1. The van der Waals surface area contributed by atoms with E-state index in [2.05, 4.69) is 0 Å². The van der Waals surface area contributed by atoms with Gasteiger partial charge < -0.3 is 4.74 Å². The van der Waals surface area contributed by atoms with Crippen LogP contribution in [0.3, 0.4) is 0 Å². The molecule has 0 spiro atoms. The van der Waals surface area contributed by atoms with Gasteiger partial charge in [-0.3, -0.25) is 4.90 Å². The number of hydrogen-bond acceptors (Lipinski definition) is 2. The molecule has 1 heterocycles. The number of benzene rings is 1. The van der Waals surface area contributed by atoms with Crippen molar-refractivity contribution in [2.45, 2.75) is 19.9 Å². The maximum Gasteiger partial charge on any atom is 0.414 e. The number of carbonyl (C=O) groups is 1. The van der Waals surface area contributed by atoms with E-state index in [4.69, 9.17) is 4.74 Å². The monoisotopic (exact) mass is 275 g/mol. The second-order valence-corrected chi connectivity index (χ2v) is 5.10. The Hall–Kier alpha value is -2.10. The number of carbonyl (C=O) groups excluding carboxylic acids is 1. The number of rotatable bonds is 3. The second-order valence-electron chi connectivity index (χ2n) is 5.10. The minimum absolute atomic E-state index is 0.264. The predicted molar refractivity (Wildman–Crippen MR) is 75.4 cm³/mol. The van der Waals surface area contributed by atoms with Crippen LogP contribution in [0.1, 0.15) is 25.5 Å². The molecule has 0 fully saturated rings. The molecule has 0 bridgehead atoms. The van der Waals surface area contributed by atoms with Crippen LogP contribution in [0.25, 0.3) is 0 Å². The third-order valence-corrected chi connectivity index (χ3v) is 2.91. The Morgan fingerprint density at radius 2 is 2.00 bits per heavy atom. The third-order valence-electron chi connectivity index (χ3n) is 2.91. The number of allylic oxidation sites excluding steroid dienone is 2. The van der Waals surface area contributed by atoms with Gasteiger partial charge in [0.05, 0.1) is 12.6 Å². The molecule has 1 aromatic carbocycles. The molecule has 3 nitrogen and oxygen atoms in total. The largest absolute Gasteiger partial charge is 0.449 e. The summed E-state index contributed by atoms with van der Waals surface area (Å²) in [6, 6.07) is 5.86. The molecule has 1 aliphatic heterocycles. The van der Waals surface area contributed by atoms with Crippen molar-refractivity contribution in [1.82, 2.24) is 4.90 Å². The maximum absolute atomic E-state index is 13.0. The Morgan fingerprint density at radius 1 is 1.30 bits per heavy atom. The normalized spacial score (nSPS) is 17.6. The van der Waals surface area contributed by atoms with Crippen LogP contribution < -0.4 is 0 Å². The summed E-state index contributed by atoms with van der Waals surface area (Å²) >= 11 is 0. The van der Waals surface area contributed by atoms with Crippen molar-refractivity contribution in [2.75, 3.05) is 6.61 Å². The summed E-state index contributed by atoms with van der Waals surface area (Å²) in [6.45, 7) is 4.34. The lowest BCUT2D eigenvalue weighted by molar-refractivity contribution is 0.0988. The van der Waals surface area contributed by atoms with E-state index in [9.17, 15) is 9.18 Å².